The van der Waals surface area contributed by atoms with Gasteiger partial charge in [0.2, 0.25) is 15.9 Å². The first-order chi connectivity index (χ1) is 12.4. The fourth-order valence-electron chi connectivity index (χ4n) is 1.89. The van der Waals surface area contributed by atoms with Gasteiger partial charge in [-0.25, -0.2) is 0 Å². The molecule has 0 aliphatic carbocycles. The Labute approximate surface area is 167 Å². The molecule has 0 aliphatic heterocycles. The fraction of sp³-hybridized carbons (Fsp3) is 0.222. The van der Waals surface area contributed by atoms with E-state index in [1.165, 1.54) is 0 Å². The summed E-state index contributed by atoms with van der Waals surface area (Å²) in [5.41, 5.74) is 4.67. The molecular weight excluding hydrogens is 397 g/mol. The number of nitrogens with one attached hydrogen (secondary N) is 2. The van der Waals surface area contributed by atoms with Gasteiger partial charge in [-0.15, -0.1) is 0 Å². The summed E-state index contributed by atoms with van der Waals surface area (Å²) in [6.07, 6.45) is 0.825. The van der Waals surface area contributed by atoms with Crippen LogP contribution >= 0.6 is 34.8 Å². The second-order valence-corrected chi connectivity index (χ2v) is 7.63. The number of carbonyl (C=O) groups is 1. The van der Waals surface area contributed by atoms with Crippen LogP contribution in [0.3, 0.4) is 0 Å². The zero-order chi connectivity index (χ0) is 19.0. The fourth-order valence-corrected chi connectivity index (χ4v) is 2.19. The second-order valence-electron chi connectivity index (χ2n) is 5.27. The molecule has 0 aliphatic rings. The Bertz CT molecular complexity index is 732. The van der Waals surface area contributed by atoms with Crippen LogP contribution in [0.2, 0.25) is 0 Å². The van der Waals surface area contributed by atoms with E-state index in [0.717, 1.165) is 11.3 Å². The van der Waals surface area contributed by atoms with E-state index in [-0.39, 0.29) is 12.3 Å². The van der Waals surface area contributed by atoms with Crippen LogP contribution < -0.4 is 15.5 Å². The topological polar surface area (TPSA) is 62.7 Å². The van der Waals surface area contributed by atoms with E-state index < -0.39 is 10.0 Å². The Balaban J connectivity index is 1.97. The van der Waals surface area contributed by atoms with Crippen LogP contribution in [0, 0.1) is 0 Å². The van der Waals surface area contributed by atoms with Crippen LogP contribution in [-0.2, 0) is 4.79 Å². The lowest BCUT2D eigenvalue weighted by Crippen LogP contribution is -2.47. The maximum atomic E-state index is 11.6. The molecule has 2 N–H and O–H groups in total. The SMILES string of the molecule is CCC(=O)NC(Oc1ccc(/C=N/Nc2ccccc2)cc1)C(Cl)(Cl)Cl. The number of rotatable bonds is 7. The summed E-state index contributed by atoms with van der Waals surface area (Å²) in [6.45, 7) is 1.70. The number of para-hydroxylation sites is 1. The number of ether oxygens (including phenoxy) is 1. The van der Waals surface area contributed by atoms with Gasteiger partial charge in [-0.05, 0) is 42.0 Å². The minimum absolute atomic E-state index is 0.254. The minimum Gasteiger partial charge on any atom is -0.466 e. The molecule has 2 aromatic rings. The number of alkyl halides is 3. The minimum atomic E-state index is -1.80. The largest absolute Gasteiger partial charge is 0.466 e. The Morgan fingerprint density at radius 3 is 2.38 bits per heavy atom. The van der Waals surface area contributed by atoms with Crippen LogP contribution in [0.25, 0.3) is 0 Å². The molecule has 0 fully saturated rings. The number of benzene rings is 2. The van der Waals surface area contributed by atoms with Crippen LogP contribution in [0.15, 0.2) is 59.7 Å². The van der Waals surface area contributed by atoms with E-state index in [9.17, 15) is 4.79 Å². The van der Waals surface area contributed by atoms with Crippen molar-refractivity contribution in [3.63, 3.8) is 0 Å². The molecule has 2 rings (SSSR count). The van der Waals surface area contributed by atoms with E-state index in [1.54, 1.807) is 37.4 Å². The zero-order valence-electron chi connectivity index (χ0n) is 14.0. The molecule has 2 aromatic carbocycles. The van der Waals surface area contributed by atoms with Crippen molar-refractivity contribution in [2.24, 2.45) is 5.10 Å². The highest BCUT2D eigenvalue weighted by atomic mass is 35.6. The molecule has 26 heavy (non-hydrogen) atoms. The van der Waals surface area contributed by atoms with E-state index in [1.807, 2.05) is 30.3 Å². The van der Waals surface area contributed by atoms with Gasteiger partial charge in [-0.1, -0.05) is 59.9 Å². The van der Waals surface area contributed by atoms with E-state index in [2.05, 4.69) is 15.8 Å². The molecule has 0 saturated heterocycles. The lowest BCUT2D eigenvalue weighted by atomic mass is 10.2. The number of hydrazone groups is 1. The summed E-state index contributed by atoms with van der Waals surface area (Å²) < 4.78 is 3.79. The molecule has 0 bridgehead atoms. The summed E-state index contributed by atoms with van der Waals surface area (Å²) >= 11 is 17.6. The normalized spacial score (nSPS) is 12.6. The van der Waals surface area contributed by atoms with Crippen molar-refractivity contribution >= 4 is 52.6 Å². The van der Waals surface area contributed by atoms with Crippen LogP contribution in [0.5, 0.6) is 5.75 Å². The van der Waals surface area contributed by atoms with Gasteiger partial charge < -0.3 is 10.1 Å². The third kappa shape index (κ3) is 6.75. The third-order valence-electron chi connectivity index (χ3n) is 3.23. The molecule has 0 heterocycles. The molecule has 0 aromatic heterocycles. The molecule has 0 spiro atoms. The van der Waals surface area contributed by atoms with Gasteiger partial charge in [0, 0.05) is 6.42 Å². The Morgan fingerprint density at radius 1 is 1.15 bits per heavy atom. The van der Waals surface area contributed by atoms with Gasteiger partial charge in [-0.2, -0.15) is 5.10 Å². The van der Waals surface area contributed by atoms with Gasteiger partial charge in [0.1, 0.15) is 5.75 Å². The van der Waals surface area contributed by atoms with Crippen molar-refractivity contribution < 1.29 is 9.53 Å². The number of nitrogens with zero attached hydrogens (tertiary/aromatic N) is 1. The van der Waals surface area contributed by atoms with Gasteiger partial charge in [0.25, 0.3) is 0 Å². The molecule has 1 amide bonds. The maximum Gasteiger partial charge on any atom is 0.246 e. The van der Waals surface area contributed by atoms with Gasteiger partial charge >= 0.3 is 0 Å². The number of hydrogen-bond donors (Lipinski definition) is 2. The van der Waals surface area contributed by atoms with Gasteiger partial charge in [0.05, 0.1) is 11.9 Å². The number of halogens is 3. The Kier molecular flexibility index (Phi) is 7.57. The predicted octanol–water partition coefficient (Wildman–Crippen LogP) is 4.73. The van der Waals surface area contributed by atoms with Gasteiger partial charge in [0.15, 0.2) is 0 Å². The molecule has 1 atom stereocenters. The van der Waals surface area contributed by atoms with Crippen LogP contribution in [0.4, 0.5) is 5.69 Å². The maximum absolute atomic E-state index is 11.6. The molecule has 0 radical (unpaired) electrons. The summed E-state index contributed by atoms with van der Waals surface area (Å²) in [4.78, 5) is 11.6. The standard InChI is InChI=1S/C18H18Cl3N3O2/c1-2-16(25)23-17(18(19,20)21)26-15-10-8-13(9-11-15)12-22-24-14-6-4-3-5-7-14/h3-12,17,24H,2H2,1H3,(H,23,25)/b22-12+. The number of carbonyl (C=O) groups excluding carboxylic acids is 1. The van der Waals surface area contributed by atoms with Gasteiger partial charge in [-0.3, -0.25) is 10.2 Å². The highest BCUT2D eigenvalue weighted by Gasteiger charge is 2.35. The van der Waals surface area contributed by atoms with Crippen molar-refractivity contribution in [3.05, 3.63) is 60.2 Å². The van der Waals surface area contributed by atoms with Crippen molar-refractivity contribution in [2.45, 2.75) is 23.4 Å². The summed E-state index contributed by atoms with van der Waals surface area (Å²) in [5.74, 6) is 0.169. The predicted molar refractivity (Wildman–Crippen MR) is 107 cm³/mol. The molecule has 138 valence electrons. The second kappa shape index (κ2) is 9.67. The first-order valence-electron chi connectivity index (χ1n) is 7.85. The molecule has 1 unspecified atom stereocenters. The average Bonchev–Trinajstić information content (AvgIpc) is 2.62. The number of amides is 1. The average molecular weight is 415 g/mol. The third-order valence-corrected chi connectivity index (χ3v) is 3.82. The summed E-state index contributed by atoms with van der Waals surface area (Å²) in [7, 11) is 0. The quantitative estimate of drug-likeness (QED) is 0.298. The van der Waals surface area contributed by atoms with Crippen LogP contribution in [-0.4, -0.2) is 22.1 Å². The number of hydrogen-bond acceptors (Lipinski definition) is 4. The van der Waals surface area contributed by atoms with Crippen molar-refractivity contribution in [3.8, 4) is 5.75 Å². The van der Waals surface area contributed by atoms with E-state index in [4.69, 9.17) is 39.5 Å². The highest BCUT2D eigenvalue weighted by molar-refractivity contribution is 6.68. The first-order valence-corrected chi connectivity index (χ1v) is 8.99. The highest BCUT2D eigenvalue weighted by Crippen LogP contribution is 2.32. The van der Waals surface area contributed by atoms with E-state index in [0.29, 0.717) is 5.75 Å². The smallest absolute Gasteiger partial charge is 0.246 e. The molecule has 5 nitrogen and oxygen atoms in total. The lowest BCUT2D eigenvalue weighted by molar-refractivity contribution is -0.123. The monoisotopic (exact) mass is 413 g/mol. The Hall–Kier alpha value is -1.95. The number of anilines is 1. The lowest BCUT2D eigenvalue weighted by Gasteiger charge is -2.26. The zero-order valence-corrected chi connectivity index (χ0v) is 16.2. The van der Waals surface area contributed by atoms with E-state index >= 15 is 0 Å². The summed E-state index contributed by atoms with van der Waals surface area (Å²) in [6, 6.07) is 16.6. The summed E-state index contributed by atoms with van der Waals surface area (Å²) in [5, 5.41) is 6.68. The Morgan fingerprint density at radius 2 is 1.81 bits per heavy atom. The molecule has 0 saturated carbocycles. The molecular formula is C18H18Cl3N3O2. The van der Waals surface area contributed by atoms with Crippen molar-refractivity contribution in [2.75, 3.05) is 5.43 Å². The first kappa shape index (κ1) is 20.4. The van der Waals surface area contributed by atoms with Crippen LogP contribution in [0.1, 0.15) is 18.9 Å². The molecule has 8 heteroatoms. The van der Waals surface area contributed by atoms with Crippen molar-refractivity contribution in [1.29, 1.82) is 0 Å². The van der Waals surface area contributed by atoms with Crippen molar-refractivity contribution in [1.82, 2.24) is 5.32 Å².